The zero-order chi connectivity index (χ0) is 24.3. The number of carboxylic acid groups (broad SMARTS) is 1. The second-order valence-electron chi connectivity index (χ2n) is 8.69. The summed E-state index contributed by atoms with van der Waals surface area (Å²) in [7, 11) is 0. The van der Waals surface area contributed by atoms with Crippen LogP contribution < -0.4 is 9.47 Å². The molecule has 1 saturated carbocycles. The van der Waals surface area contributed by atoms with E-state index in [1.165, 1.54) is 24.3 Å². The van der Waals surface area contributed by atoms with Crippen LogP contribution in [-0.2, 0) is 16.6 Å². The van der Waals surface area contributed by atoms with Crippen LogP contribution in [0, 0.1) is 12.7 Å². The lowest BCUT2D eigenvalue weighted by Gasteiger charge is -2.16. The standard InChI is InChI=1S/C26H19F3O5.H2/c1-14-2-3-15(8-20(14)16-10-17(24(31)32)12-19(27)11-16)9-23(30)25(6-7-25)18-4-5-21-22(13-18)34-26(28,29)33-21;/h2-5,8,10-13H,6-7,9H2,1H3,(H,31,32);1H. The van der Waals surface area contributed by atoms with Gasteiger partial charge in [-0.25, -0.2) is 9.18 Å². The Morgan fingerprint density at radius 2 is 1.74 bits per heavy atom. The number of fused-ring (bicyclic) bond motifs is 1. The van der Waals surface area contributed by atoms with Crippen molar-refractivity contribution in [3.8, 4) is 22.6 Å². The second kappa shape index (κ2) is 7.62. The number of aryl methyl sites for hydroxylation is 1. The molecule has 0 radical (unpaired) electrons. The molecule has 1 heterocycles. The molecule has 0 amide bonds. The number of carbonyl (C=O) groups excluding carboxylic acids is 1. The van der Waals surface area contributed by atoms with Crippen molar-refractivity contribution in [3.05, 3.63) is 82.7 Å². The van der Waals surface area contributed by atoms with Gasteiger partial charge in [0.05, 0.1) is 11.0 Å². The van der Waals surface area contributed by atoms with Crippen LogP contribution in [0.5, 0.6) is 11.5 Å². The number of carboxylic acids is 1. The number of rotatable bonds is 6. The maximum atomic E-state index is 14.0. The molecule has 1 aliphatic heterocycles. The number of ether oxygens (including phenoxy) is 2. The van der Waals surface area contributed by atoms with Crippen molar-refractivity contribution in [2.24, 2.45) is 0 Å². The summed E-state index contributed by atoms with van der Waals surface area (Å²) in [6, 6.07) is 13.4. The molecule has 176 valence electrons. The number of benzene rings is 3. The summed E-state index contributed by atoms with van der Waals surface area (Å²) in [6.07, 6.45) is -2.46. The van der Waals surface area contributed by atoms with Gasteiger partial charge < -0.3 is 14.6 Å². The molecule has 1 fully saturated rings. The summed E-state index contributed by atoms with van der Waals surface area (Å²) in [5, 5.41) is 9.25. The van der Waals surface area contributed by atoms with Gasteiger partial charge in [0.25, 0.3) is 0 Å². The van der Waals surface area contributed by atoms with E-state index in [0.29, 0.717) is 35.1 Å². The Kier molecular flexibility index (Phi) is 4.93. The SMILES string of the molecule is Cc1ccc(CC(=O)C2(c3ccc4c(c3)OC(F)(F)O4)CC2)cc1-c1cc(F)cc(C(=O)O)c1.[HH]. The third-order valence-corrected chi connectivity index (χ3v) is 6.36. The van der Waals surface area contributed by atoms with E-state index in [2.05, 4.69) is 9.47 Å². The molecular weight excluding hydrogens is 449 g/mol. The summed E-state index contributed by atoms with van der Waals surface area (Å²) in [4.78, 5) is 24.6. The molecule has 0 atom stereocenters. The number of alkyl halides is 2. The zero-order valence-corrected chi connectivity index (χ0v) is 18.0. The number of ketones is 1. The maximum Gasteiger partial charge on any atom is 0.586 e. The molecular formula is C26H21F3O5. The monoisotopic (exact) mass is 470 g/mol. The van der Waals surface area contributed by atoms with Crippen LogP contribution in [0.25, 0.3) is 11.1 Å². The highest BCUT2D eigenvalue weighted by molar-refractivity contribution is 5.95. The minimum absolute atomic E-state index is 0. The van der Waals surface area contributed by atoms with Crippen LogP contribution in [-0.4, -0.2) is 23.2 Å². The van der Waals surface area contributed by atoms with Crippen molar-refractivity contribution in [1.82, 2.24) is 0 Å². The van der Waals surface area contributed by atoms with Gasteiger partial charge in [0, 0.05) is 7.85 Å². The number of halogens is 3. The minimum Gasteiger partial charge on any atom is -0.478 e. The molecule has 0 unspecified atom stereocenters. The van der Waals surface area contributed by atoms with E-state index in [9.17, 15) is 27.9 Å². The van der Waals surface area contributed by atoms with Crippen molar-refractivity contribution in [2.45, 2.75) is 37.9 Å². The minimum atomic E-state index is -3.72. The van der Waals surface area contributed by atoms with E-state index in [4.69, 9.17) is 0 Å². The van der Waals surface area contributed by atoms with Gasteiger partial charge in [0.15, 0.2) is 11.5 Å². The lowest BCUT2D eigenvalue weighted by molar-refractivity contribution is -0.286. The molecule has 0 bridgehead atoms. The maximum absolute atomic E-state index is 14.0. The van der Waals surface area contributed by atoms with Gasteiger partial charge in [-0.15, -0.1) is 8.78 Å². The van der Waals surface area contributed by atoms with Gasteiger partial charge in [0.1, 0.15) is 11.6 Å². The van der Waals surface area contributed by atoms with Crippen molar-refractivity contribution in [1.29, 1.82) is 0 Å². The van der Waals surface area contributed by atoms with Gasteiger partial charge in [-0.05, 0) is 77.9 Å². The van der Waals surface area contributed by atoms with Gasteiger partial charge >= 0.3 is 12.3 Å². The highest BCUT2D eigenvalue weighted by Gasteiger charge is 2.52. The highest BCUT2D eigenvalue weighted by atomic mass is 19.3. The third kappa shape index (κ3) is 3.89. The van der Waals surface area contributed by atoms with Crippen molar-refractivity contribution in [2.75, 3.05) is 0 Å². The zero-order valence-electron chi connectivity index (χ0n) is 18.0. The van der Waals surface area contributed by atoms with Crippen LogP contribution in [0.2, 0.25) is 0 Å². The Morgan fingerprint density at radius 3 is 2.44 bits per heavy atom. The molecule has 8 heteroatoms. The summed E-state index contributed by atoms with van der Waals surface area (Å²) in [6.45, 7) is 1.82. The summed E-state index contributed by atoms with van der Waals surface area (Å²) >= 11 is 0. The molecule has 5 rings (SSSR count). The van der Waals surface area contributed by atoms with Gasteiger partial charge in [-0.1, -0.05) is 24.3 Å². The normalized spacial score (nSPS) is 16.8. The third-order valence-electron chi connectivity index (χ3n) is 6.36. The molecule has 0 saturated heterocycles. The first kappa shape index (κ1) is 22.0. The Balaban J connectivity index is 0.00000289. The molecule has 1 N–H and O–H groups in total. The van der Waals surface area contributed by atoms with Crippen LogP contribution >= 0.6 is 0 Å². The van der Waals surface area contributed by atoms with E-state index in [1.54, 1.807) is 24.3 Å². The summed E-state index contributed by atoms with van der Waals surface area (Å²) in [5.41, 5.74) is 2.17. The Hall–Kier alpha value is -3.81. The average Bonchev–Trinajstić information content (AvgIpc) is 3.51. The highest BCUT2D eigenvalue weighted by Crippen LogP contribution is 2.52. The molecule has 1 aliphatic carbocycles. The van der Waals surface area contributed by atoms with Crippen molar-refractivity contribution in [3.63, 3.8) is 0 Å². The average molecular weight is 470 g/mol. The largest absolute Gasteiger partial charge is 0.586 e. The topological polar surface area (TPSA) is 72.8 Å². The molecule has 3 aromatic carbocycles. The molecule has 34 heavy (non-hydrogen) atoms. The Labute approximate surface area is 194 Å². The van der Waals surface area contributed by atoms with Gasteiger partial charge in [-0.2, -0.15) is 0 Å². The molecule has 5 nitrogen and oxygen atoms in total. The Bertz CT molecular complexity index is 1350. The molecule has 0 spiro atoms. The van der Waals surface area contributed by atoms with E-state index in [0.717, 1.165) is 11.6 Å². The van der Waals surface area contributed by atoms with E-state index in [1.807, 2.05) is 6.92 Å². The first-order valence-electron chi connectivity index (χ1n) is 10.6. The fourth-order valence-corrected chi connectivity index (χ4v) is 4.41. The summed E-state index contributed by atoms with van der Waals surface area (Å²) in [5.74, 6) is -2.14. The first-order valence-corrected chi connectivity index (χ1v) is 10.6. The number of Topliss-reactive ketones (excluding diaryl/α,β-unsaturated/α-hetero) is 1. The van der Waals surface area contributed by atoms with Crippen molar-refractivity contribution < 1.29 is 38.8 Å². The lowest BCUT2D eigenvalue weighted by atomic mass is 9.86. The second-order valence-corrected chi connectivity index (χ2v) is 8.69. The number of aromatic carboxylic acids is 1. The van der Waals surface area contributed by atoms with Crippen LogP contribution in [0.3, 0.4) is 0 Å². The molecule has 3 aromatic rings. The number of hydrogen-bond donors (Lipinski definition) is 1. The first-order chi connectivity index (χ1) is 16.1. The van der Waals surface area contributed by atoms with Crippen LogP contribution in [0.15, 0.2) is 54.6 Å². The van der Waals surface area contributed by atoms with Crippen LogP contribution in [0.1, 0.15) is 41.3 Å². The van der Waals surface area contributed by atoms with Crippen LogP contribution in [0.4, 0.5) is 13.2 Å². The van der Waals surface area contributed by atoms with Gasteiger partial charge in [0.2, 0.25) is 0 Å². The fraction of sp³-hybridized carbons (Fsp3) is 0.231. The predicted molar refractivity (Wildman–Crippen MR) is 118 cm³/mol. The van der Waals surface area contributed by atoms with E-state index in [-0.39, 0.29) is 30.7 Å². The summed E-state index contributed by atoms with van der Waals surface area (Å²) < 4.78 is 49.7. The smallest absolute Gasteiger partial charge is 0.478 e. The molecule has 2 aliphatic rings. The quantitative estimate of drug-likeness (QED) is 0.485. The van der Waals surface area contributed by atoms with Crippen molar-refractivity contribution >= 4 is 11.8 Å². The fourth-order valence-electron chi connectivity index (χ4n) is 4.41. The number of hydrogen-bond acceptors (Lipinski definition) is 4. The van der Waals surface area contributed by atoms with Gasteiger partial charge in [-0.3, -0.25) is 4.79 Å². The number of carbonyl (C=O) groups is 2. The Morgan fingerprint density at radius 1 is 1.00 bits per heavy atom. The molecule has 0 aromatic heterocycles. The van der Waals surface area contributed by atoms with E-state index >= 15 is 0 Å². The predicted octanol–water partition coefficient (Wildman–Crippen LogP) is 5.91. The lowest BCUT2D eigenvalue weighted by Crippen LogP contribution is -2.26. The van der Waals surface area contributed by atoms with E-state index < -0.39 is 23.5 Å².